The molecule has 0 amide bonds. The zero-order valence-electron chi connectivity index (χ0n) is 10.7. The average molecular weight is 259 g/mol. The molecule has 0 saturated heterocycles. The van der Waals surface area contributed by atoms with Crippen molar-refractivity contribution in [3.05, 3.63) is 18.0 Å². The molecule has 4 nitrogen and oxygen atoms in total. The molecular formula is C12H23ClN4. The molecule has 0 aliphatic heterocycles. The highest BCUT2D eigenvalue weighted by molar-refractivity contribution is 6.17. The Morgan fingerprint density at radius 3 is 2.94 bits per heavy atom. The van der Waals surface area contributed by atoms with E-state index in [0.29, 0.717) is 11.9 Å². The Morgan fingerprint density at radius 2 is 2.35 bits per heavy atom. The van der Waals surface area contributed by atoms with Gasteiger partial charge in [0.05, 0.1) is 5.69 Å². The molecule has 0 spiro atoms. The lowest BCUT2D eigenvalue weighted by Crippen LogP contribution is -2.37. The SMILES string of the molecule is CCC(C)n1ccc(CC(CCCCl)NN)n1. The largest absolute Gasteiger partial charge is 0.271 e. The fraction of sp³-hybridized carbons (Fsp3) is 0.750. The number of rotatable bonds is 8. The maximum Gasteiger partial charge on any atom is 0.0640 e. The van der Waals surface area contributed by atoms with E-state index in [2.05, 4.69) is 30.4 Å². The van der Waals surface area contributed by atoms with E-state index in [1.54, 1.807) is 0 Å². The zero-order chi connectivity index (χ0) is 12.7. The van der Waals surface area contributed by atoms with Crippen molar-refractivity contribution in [3.63, 3.8) is 0 Å². The lowest BCUT2D eigenvalue weighted by atomic mass is 10.1. The van der Waals surface area contributed by atoms with Crippen molar-refractivity contribution in [1.82, 2.24) is 15.2 Å². The average Bonchev–Trinajstić information content (AvgIpc) is 2.81. The third kappa shape index (κ3) is 4.66. The molecule has 17 heavy (non-hydrogen) atoms. The molecular weight excluding hydrogens is 236 g/mol. The van der Waals surface area contributed by atoms with Gasteiger partial charge in [0.15, 0.2) is 0 Å². The first-order valence-corrected chi connectivity index (χ1v) is 6.80. The minimum atomic E-state index is 0.258. The molecule has 98 valence electrons. The van der Waals surface area contributed by atoms with Crippen LogP contribution in [0.15, 0.2) is 12.3 Å². The molecule has 0 aliphatic rings. The molecule has 0 aromatic carbocycles. The number of hydrazine groups is 1. The third-order valence-corrected chi connectivity index (χ3v) is 3.35. The Labute approximate surface area is 108 Å². The second kappa shape index (κ2) is 7.69. The van der Waals surface area contributed by atoms with E-state index < -0.39 is 0 Å². The monoisotopic (exact) mass is 258 g/mol. The van der Waals surface area contributed by atoms with E-state index in [-0.39, 0.29) is 6.04 Å². The number of nitrogens with zero attached hydrogens (tertiary/aromatic N) is 2. The number of halogens is 1. The minimum absolute atomic E-state index is 0.258. The van der Waals surface area contributed by atoms with Crippen LogP contribution in [0.2, 0.25) is 0 Å². The van der Waals surface area contributed by atoms with Gasteiger partial charge in [0.2, 0.25) is 0 Å². The Morgan fingerprint density at radius 1 is 1.59 bits per heavy atom. The van der Waals surface area contributed by atoms with E-state index in [1.807, 2.05) is 10.9 Å². The Hall–Kier alpha value is -0.580. The molecule has 1 aromatic rings. The van der Waals surface area contributed by atoms with Gasteiger partial charge in [-0.15, -0.1) is 11.6 Å². The van der Waals surface area contributed by atoms with E-state index in [4.69, 9.17) is 17.4 Å². The summed E-state index contributed by atoms with van der Waals surface area (Å²) in [5, 5.41) is 4.56. The predicted molar refractivity (Wildman–Crippen MR) is 72.0 cm³/mol. The summed E-state index contributed by atoms with van der Waals surface area (Å²) >= 11 is 5.68. The van der Waals surface area contributed by atoms with Gasteiger partial charge < -0.3 is 0 Å². The van der Waals surface area contributed by atoms with Crippen LogP contribution in [0.4, 0.5) is 0 Å². The van der Waals surface area contributed by atoms with Crippen LogP contribution in [0.3, 0.4) is 0 Å². The first kappa shape index (κ1) is 14.5. The fourth-order valence-electron chi connectivity index (χ4n) is 1.74. The van der Waals surface area contributed by atoms with Gasteiger partial charge in [-0.3, -0.25) is 16.0 Å². The van der Waals surface area contributed by atoms with Crippen LogP contribution >= 0.6 is 11.6 Å². The predicted octanol–water partition coefficient (Wildman–Crippen LogP) is 2.25. The summed E-state index contributed by atoms with van der Waals surface area (Å²) in [6, 6.07) is 2.78. The van der Waals surface area contributed by atoms with Gasteiger partial charge in [0.1, 0.15) is 0 Å². The highest BCUT2D eigenvalue weighted by Crippen LogP contribution is 2.11. The van der Waals surface area contributed by atoms with Crippen molar-refractivity contribution >= 4 is 11.6 Å². The minimum Gasteiger partial charge on any atom is -0.271 e. The molecule has 0 bridgehead atoms. The van der Waals surface area contributed by atoms with Gasteiger partial charge in [-0.25, -0.2) is 0 Å². The van der Waals surface area contributed by atoms with Gasteiger partial charge in [0, 0.05) is 30.6 Å². The normalized spacial score (nSPS) is 14.8. The van der Waals surface area contributed by atoms with E-state index in [9.17, 15) is 0 Å². The van der Waals surface area contributed by atoms with Gasteiger partial charge in [-0.1, -0.05) is 6.92 Å². The summed E-state index contributed by atoms with van der Waals surface area (Å²) in [5.74, 6) is 6.21. The molecule has 2 atom stereocenters. The van der Waals surface area contributed by atoms with Crippen molar-refractivity contribution in [2.75, 3.05) is 5.88 Å². The molecule has 0 saturated carbocycles. The molecule has 2 unspecified atom stereocenters. The highest BCUT2D eigenvalue weighted by atomic mass is 35.5. The summed E-state index contributed by atoms with van der Waals surface area (Å²) in [7, 11) is 0. The molecule has 0 fully saturated rings. The van der Waals surface area contributed by atoms with Crippen LogP contribution < -0.4 is 11.3 Å². The summed E-state index contributed by atoms with van der Waals surface area (Å²) in [5.41, 5.74) is 3.92. The van der Waals surface area contributed by atoms with E-state index in [0.717, 1.165) is 31.4 Å². The molecule has 0 radical (unpaired) electrons. The molecule has 3 N–H and O–H groups in total. The number of nitrogens with one attached hydrogen (secondary N) is 1. The quantitative estimate of drug-likeness (QED) is 0.427. The second-order valence-corrected chi connectivity index (χ2v) is 4.82. The summed E-state index contributed by atoms with van der Waals surface area (Å²) in [6.07, 6.45) is 5.94. The van der Waals surface area contributed by atoms with Crippen LogP contribution in [0.5, 0.6) is 0 Å². The van der Waals surface area contributed by atoms with Crippen molar-refractivity contribution in [2.45, 2.75) is 51.6 Å². The number of hydrogen-bond acceptors (Lipinski definition) is 3. The summed E-state index contributed by atoms with van der Waals surface area (Å²) in [4.78, 5) is 0. The highest BCUT2D eigenvalue weighted by Gasteiger charge is 2.10. The first-order chi connectivity index (χ1) is 8.21. The molecule has 5 heteroatoms. The molecule has 1 rings (SSSR count). The second-order valence-electron chi connectivity index (χ2n) is 4.44. The topological polar surface area (TPSA) is 55.9 Å². The smallest absolute Gasteiger partial charge is 0.0640 e. The fourth-order valence-corrected chi connectivity index (χ4v) is 1.89. The van der Waals surface area contributed by atoms with Gasteiger partial charge in [-0.05, 0) is 32.3 Å². The number of aromatic nitrogens is 2. The van der Waals surface area contributed by atoms with Crippen LogP contribution in [-0.4, -0.2) is 21.7 Å². The van der Waals surface area contributed by atoms with Crippen LogP contribution in [0.25, 0.3) is 0 Å². The Bertz CT molecular complexity index is 313. The van der Waals surface area contributed by atoms with Crippen molar-refractivity contribution in [2.24, 2.45) is 5.84 Å². The van der Waals surface area contributed by atoms with Crippen LogP contribution in [-0.2, 0) is 6.42 Å². The molecule has 0 aliphatic carbocycles. The van der Waals surface area contributed by atoms with Crippen LogP contribution in [0, 0.1) is 0 Å². The van der Waals surface area contributed by atoms with Gasteiger partial charge >= 0.3 is 0 Å². The first-order valence-electron chi connectivity index (χ1n) is 6.27. The number of nitrogens with two attached hydrogens (primary N) is 1. The summed E-state index contributed by atoms with van der Waals surface area (Å²) < 4.78 is 2.02. The third-order valence-electron chi connectivity index (χ3n) is 3.08. The molecule has 1 heterocycles. The van der Waals surface area contributed by atoms with Crippen molar-refractivity contribution in [3.8, 4) is 0 Å². The maximum atomic E-state index is 5.68. The number of alkyl halides is 1. The Balaban J connectivity index is 2.52. The van der Waals surface area contributed by atoms with Gasteiger partial charge in [0.25, 0.3) is 0 Å². The van der Waals surface area contributed by atoms with E-state index in [1.165, 1.54) is 0 Å². The lowest BCUT2D eigenvalue weighted by Gasteiger charge is -2.13. The maximum absolute atomic E-state index is 5.68. The lowest BCUT2D eigenvalue weighted by molar-refractivity contribution is 0.455. The summed E-state index contributed by atoms with van der Waals surface area (Å²) in [6.45, 7) is 4.33. The van der Waals surface area contributed by atoms with E-state index >= 15 is 0 Å². The number of hydrogen-bond donors (Lipinski definition) is 2. The molecule has 1 aromatic heterocycles. The van der Waals surface area contributed by atoms with Gasteiger partial charge in [-0.2, -0.15) is 5.10 Å². The Kier molecular flexibility index (Phi) is 6.55. The van der Waals surface area contributed by atoms with Crippen LogP contribution in [0.1, 0.15) is 44.8 Å². The van der Waals surface area contributed by atoms with Crippen molar-refractivity contribution < 1.29 is 0 Å². The standard InChI is InChI=1S/C12H23ClN4/c1-3-10(2)17-8-6-12(16-17)9-11(15-14)5-4-7-13/h6,8,10-11,15H,3-5,7,9,14H2,1-2H3. The van der Waals surface area contributed by atoms with Crippen molar-refractivity contribution in [1.29, 1.82) is 0 Å². The zero-order valence-corrected chi connectivity index (χ0v) is 11.5.